The predicted octanol–water partition coefficient (Wildman–Crippen LogP) is 5.60. The second kappa shape index (κ2) is 13.3. The third-order valence-corrected chi connectivity index (χ3v) is 10.2. The number of aliphatic hydroxyl groups excluding tert-OH is 1. The maximum Gasteiger partial charge on any atom is 0.249 e. The summed E-state index contributed by atoms with van der Waals surface area (Å²) in [6.45, 7) is 25.2. The van der Waals surface area contributed by atoms with Gasteiger partial charge in [0.15, 0.2) is 0 Å². The molecule has 3 aliphatic heterocycles. The van der Waals surface area contributed by atoms with Crippen molar-refractivity contribution in [3.05, 3.63) is 61.2 Å². The normalized spacial score (nSPS) is 27.9. The molecule has 46 heavy (non-hydrogen) atoms. The number of carbonyl (C=O) groups excluding carboxylic acids is 3. The molecule has 1 aromatic carbocycles. The van der Waals surface area contributed by atoms with Gasteiger partial charge in [0, 0.05) is 25.2 Å². The number of nitrogens with zero attached hydrogens (tertiary/aromatic N) is 3. The molecule has 8 nitrogen and oxygen atoms in total. The maximum absolute atomic E-state index is 15.1. The summed E-state index contributed by atoms with van der Waals surface area (Å²) in [6, 6.07) is 8.22. The van der Waals surface area contributed by atoms with E-state index in [1.807, 2.05) is 56.0 Å². The van der Waals surface area contributed by atoms with Crippen molar-refractivity contribution in [3.8, 4) is 0 Å². The zero-order chi connectivity index (χ0) is 34.2. The molecule has 4 rings (SSSR count). The minimum Gasteiger partial charge on any atom is -0.394 e. The first-order valence-corrected chi connectivity index (χ1v) is 17.0. The van der Waals surface area contributed by atoms with Crippen molar-refractivity contribution in [1.82, 2.24) is 14.7 Å². The van der Waals surface area contributed by atoms with Gasteiger partial charge in [0.1, 0.15) is 11.6 Å². The molecular formula is C38H57N3O5. The maximum atomic E-state index is 15.1. The SMILES string of the molecule is C=CCN(Cc1ccccc1)C(=O)[C@@H]1[C@H]2C(=O)N([C@@H](CO)CC(C)C)C(C(=O)N(CC=C)C(C)(C)CC(C)(C)C)C23CC[C@@]1(C)O3. The second-order valence-corrected chi connectivity index (χ2v) is 16.2. The van der Waals surface area contributed by atoms with Gasteiger partial charge >= 0.3 is 0 Å². The Bertz CT molecular complexity index is 1300. The molecule has 6 atom stereocenters. The number of amides is 3. The summed E-state index contributed by atoms with van der Waals surface area (Å²) < 4.78 is 6.97. The molecule has 1 aromatic rings. The van der Waals surface area contributed by atoms with Crippen molar-refractivity contribution < 1.29 is 24.2 Å². The topological polar surface area (TPSA) is 90.4 Å². The minimum absolute atomic E-state index is 0.0683. The van der Waals surface area contributed by atoms with Crippen molar-refractivity contribution in [3.63, 3.8) is 0 Å². The zero-order valence-corrected chi connectivity index (χ0v) is 29.4. The van der Waals surface area contributed by atoms with E-state index in [0.717, 1.165) is 12.0 Å². The number of fused-ring (bicyclic) bond motifs is 1. The molecule has 0 aromatic heterocycles. The fourth-order valence-electron chi connectivity index (χ4n) is 8.93. The summed E-state index contributed by atoms with van der Waals surface area (Å²) in [4.78, 5) is 49.9. The highest BCUT2D eigenvalue weighted by Gasteiger charge is 2.79. The van der Waals surface area contributed by atoms with Gasteiger partial charge in [-0.3, -0.25) is 14.4 Å². The molecule has 0 aliphatic carbocycles. The Kier molecular flexibility index (Phi) is 10.3. The summed E-state index contributed by atoms with van der Waals surface area (Å²) in [5, 5.41) is 10.7. The standard InChI is InChI=1S/C38H57N3O5/c1-11-20-39(23-27-16-14-13-15-17-27)32(43)29-30-33(44)41(28(24-42)22-26(3)4)31(38(30)19-18-37(29,10)46-38)34(45)40(21-12-2)36(8,9)25-35(5,6)7/h11-17,26,28-31,42H,1-2,18-25H2,3-10H3/t28-,29+,30+,31?,37-,38?/m1/s1. The van der Waals surface area contributed by atoms with Crippen LogP contribution in [-0.4, -0.2) is 86.0 Å². The number of hydrogen-bond donors (Lipinski definition) is 1. The fraction of sp³-hybridized carbons (Fsp3) is 0.658. The van der Waals surface area contributed by atoms with E-state index in [-0.39, 0.29) is 35.7 Å². The van der Waals surface area contributed by atoms with Gasteiger partial charge in [0.25, 0.3) is 0 Å². The zero-order valence-electron chi connectivity index (χ0n) is 29.4. The van der Waals surface area contributed by atoms with E-state index in [1.165, 1.54) is 0 Å². The van der Waals surface area contributed by atoms with Crippen LogP contribution in [0, 0.1) is 23.2 Å². The van der Waals surface area contributed by atoms with Gasteiger partial charge in [-0.15, -0.1) is 13.2 Å². The number of ether oxygens (including phenoxy) is 1. The molecule has 8 heteroatoms. The molecule has 3 heterocycles. The Morgan fingerprint density at radius 2 is 1.70 bits per heavy atom. The number of carbonyl (C=O) groups is 3. The van der Waals surface area contributed by atoms with Crippen molar-refractivity contribution in [1.29, 1.82) is 0 Å². The first kappa shape index (κ1) is 35.9. The van der Waals surface area contributed by atoms with Crippen LogP contribution in [0.1, 0.15) is 86.6 Å². The molecule has 3 fully saturated rings. The molecule has 1 N–H and O–H groups in total. The van der Waals surface area contributed by atoms with Gasteiger partial charge in [-0.05, 0) is 63.4 Å². The van der Waals surface area contributed by atoms with E-state index in [2.05, 4.69) is 47.8 Å². The third-order valence-electron chi connectivity index (χ3n) is 10.2. The van der Waals surface area contributed by atoms with Crippen LogP contribution in [0.4, 0.5) is 0 Å². The van der Waals surface area contributed by atoms with Crippen LogP contribution in [0.5, 0.6) is 0 Å². The third kappa shape index (κ3) is 6.57. The van der Waals surface area contributed by atoms with Gasteiger partial charge in [-0.1, -0.05) is 77.1 Å². The summed E-state index contributed by atoms with van der Waals surface area (Å²) in [5.41, 5.74) is -1.74. The Balaban J connectivity index is 1.84. The van der Waals surface area contributed by atoms with Crippen LogP contribution < -0.4 is 0 Å². The monoisotopic (exact) mass is 635 g/mol. The Morgan fingerprint density at radius 1 is 1.07 bits per heavy atom. The van der Waals surface area contributed by atoms with Crippen LogP contribution in [0.25, 0.3) is 0 Å². The highest BCUT2D eigenvalue weighted by atomic mass is 16.5. The van der Waals surface area contributed by atoms with E-state index in [0.29, 0.717) is 38.9 Å². The number of likely N-dealkylation sites (tertiary alicyclic amines) is 1. The number of benzene rings is 1. The molecule has 2 unspecified atom stereocenters. The van der Waals surface area contributed by atoms with E-state index in [9.17, 15) is 14.7 Å². The van der Waals surface area contributed by atoms with Crippen molar-refractivity contribution in [2.75, 3.05) is 19.7 Å². The Morgan fingerprint density at radius 3 is 2.24 bits per heavy atom. The molecule has 3 saturated heterocycles. The highest BCUT2D eigenvalue weighted by molar-refractivity contribution is 5.99. The van der Waals surface area contributed by atoms with Gasteiger partial charge in [0.05, 0.1) is 30.1 Å². The van der Waals surface area contributed by atoms with Gasteiger partial charge < -0.3 is 24.5 Å². The van der Waals surface area contributed by atoms with E-state index in [1.54, 1.807) is 22.0 Å². The molecule has 254 valence electrons. The summed E-state index contributed by atoms with van der Waals surface area (Å²) in [5.74, 6) is -2.09. The van der Waals surface area contributed by atoms with Crippen molar-refractivity contribution in [2.45, 2.75) is 116 Å². The highest BCUT2D eigenvalue weighted by Crippen LogP contribution is 2.64. The average molecular weight is 636 g/mol. The van der Waals surface area contributed by atoms with Gasteiger partial charge in [-0.25, -0.2) is 0 Å². The van der Waals surface area contributed by atoms with E-state index < -0.39 is 40.7 Å². The Labute approximate surface area is 276 Å². The van der Waals surface area contributed by atoms with E-state index in [4.69, 9.17) is 4.74 Å². The average Bonchev–Trinajstić information content (AvgIpc) is 3.53. The molecule has 3 aliphatic rings. The summed E-state index contributed by atoms with van der Waals surface area (Å²) >= 11 is 0. The van der Waals surface area contributed by atoms with E-state index >= 15 is 4.79 Å². The Hall–Kier alpha value is -2.97. The fourth-order valence-corrected chi connectivity index (χ4v) is 8.93. The lowest BCUT2D eigenvalue weighted by molar-refractivity contribution is -0.160. The van der Waals surface area contributed by atoms with Crippen LogP contribution in [0.2, 0.25) is 0 Å². The molecule has 0 radical (unpaired) electrons. The first-order valence-electron chi connectivity index (χ1n) is 17.0. The largest absolute Gasteiger partial charge is 0.394 e. The van der Waals surface area contributed by atoms with Gasteiger partial charge in [0.2, 0.25) is 17.7 Å². The minimum atomic E-state index is -1.18. The van der Waals surface area contributed by atoms with Gasteiger partial charge in [-0.2, -0.15) is 0 Å². The number of aliphatic hydroxyl groups is 1. The smallest absolute Gasteiger partial charge is 0.249 e. The molecule has 2 bridgehead atoms. The lowest BCUT2D eigenvalue weighted by Crippen LogP contribution is -2.62. The second-order valence-electron chi connectivity index (χ2n) is 16.2. The quantitative estimate of drug-likeness (QED) is 0.269. The number of hydrogen-bond acceptors (Lipinski definition) is 5. The number of rotatable bonds is 14. The van der Waals surface area contributed by atoms with Crippen LogP contribution >= 0.6 is 0 Å². The van der Waals surface area contributed by atoms with Crippen molar-refractivity contribution >= 4 is 17.7 Å². The lowest BCUT2D eigenvalue weighted by Gasteiger charge is -2.46. The van der Waals surface area contributed by atoms with Crippen molar-refractivity contribution in [2.24, 2.45) is 23.2 Å². The van der Waals surface area contributed by atoms with Crippen LogP contribution in [0.15, 0.2) is 55.6 Å². The summed E-state index contributed by atoms with van der Waals surface area (Å²) in [7, 11) is 0. The molecular weight excluding hydrogens is 578 g/mol. The lowest BCUT2D eigenvalue weighted by atomic mass is 9.66. The van der Waals surface area contributed by atoms with Crippen LogP contribution in [0.3, 0.4) is 0 Å². The first-order chi connectivity index (χ1) is 21.5. The summed E-state index contributed by atoms with van der Waals surface area (Å²) in [6.07, 6.45) is 5.72. The van der Waals surface area contributed by atoms with Crippen LogP contribution in [-0.2, 0) is 25.7 Å². The molecule has 1 spiro atoms. The molecule has 0 saturated carbocycles. The predicted molar refractivity (Wildman–Crippen MR) is 182 cm³/mol. The molecule has 3 amide bonds.